The van der Waals surface area contributed by atoms with E-state index in [0.717, 1.165) is 11.1 Å². The summed E-state index contributed by atoms with van der Waals surface area (Å²) in [7, 11) is 0. The Morgan fingerprint density at radius 1 is 1.33 bits per heavy atom. The lowest BCUT2D eigenvalue weighted by Gasteiger charge is -2.18. The minimum absolute atomic E-state index is 0.0528. The SMILES string of the molecule is O=C(NCc1ccoc1)C1CNNC1c1ccc(F)cc1. The van der Waals surface area contributed by atoms with Gasteiger partial charge in [-0.2, -0.15) is 0 Å². The van der Waals surface area contributed by atoms with Gasteiger partial charge in [0.2, 0.25) is 5.91 Å². The number of hydrogen-bond donors (Lipinski definition) is 3. The first-order chi connectivity index (χ1) is 10.2. The zero-order valence-electron chi connectivity index (χ0n) is 11.3. The molecule has 0 radical (unpaired) electrons. The summed E-state index contributed by atoms with van der Waals surface area (Å²) in [6.45, 7) is 0.960. The summed E-state index contributed by atoms with van der Waals surface area (Å²) in [6, 6.07) is 7.82. The van der Waals surface area contributed by atoms with E-state index in [1.165, 1.54) is 12.1 Å². The Bertz CT molecular complexity index is 598. The van der Waals surface area contributed by atoms with E-state index in [9.17, 15) is 9.18 Å². The van der Waals surface area contributed by atoms with Crippen LogP contribution in [0.25, 0.3) is 0 Å². The Morgan fingerprint density at radius 3 is 2.86 bits per heavy atom. The lowest BCUT2D eigenvalue weighted by atomic mass is 9.94. The number of hydrazine groups is 1. The van der Waals surface area contributed by atoms with Crippen molar-refractivity contribution in [1.82, 2.24) is 16.2 Å². The molecule has 1 fully saturated rings. The lowest BCUT2D eigenvalue weighted by molar-refractivity contribution is -0.125. The molecule has 5 nitrogen and oxygen atoms in total. The molecule has 3 rings (SSSR count). The van der Waals surface area contributed by atoms with Gasteiger partial charge in [0, 0.05) is 18.7 Å². The fourth-order valence-corrected chi connectivity index (χ4v) is 2.44. The van der Waals surface area contributed by atoms with Crippen molar-refractivity contribution in [3.05, 3.63) is 59.8 Å². The number of halogens is 1. The van der Waals surface area contributed by atoms with E-state index in [2.05, 4.69) is 16.2 Å². The zero-order valence-corrected chi connectivity index (χ0v) is 11.3. The van der Waals surface area contributed by atoms with Crippen LogP contribution in [0, 0.1) is 11.7 Å². The molecule has 0 spiro atoms. The van der Waals surface area contributed by atoms with Gasteiger partial charge < -0.3 is 9.73 Å². The van der Waals surface area contributed by atoms with E-state index in [1.807, 2.05) is 6.07 Å². The number of amides is 1. The molecular formula is C15H16FN3O2. The second kappa shape index (κ2) is 6.07. The highest BCUT2D eigenvalue weighted by Crippen LogP contribution is 2.25. The van der Waals surface area contributed by atoms with Crippen molar-refractivity contribution in [1.29, 1.82) is 0 Å². The van der Waals surface area contributed by atoms with Crippen LogP contribution in [0.1, 0.15) is 17.2 Å². The molecule has 1 aromatic heterocycles. The van der Waals surface area contributed by atoms with E-state index in [-0.39, 0.29) is 23.7 Å². The number of carbonyl (C=O) groups is 1. The Hall–Kier alpha value is -2.18. The highest BCUT2D eigenvalue weighted by atomic mass is 19.1. The van der Waals surface area contributed by atoms with E-state index in [1.54, 1.807) is 24.7 Å². The van der Waals surface area contributed by atoms with Crippen LogP contribution in [0.15, 0.2) is 47.3 Å². The maximum atomic E-state index is 13.0. The van der Waals surface area contributed by atoms with Gasteiger partial charge in [-0.3, -0.25) is 10.2 Å². The van der Waals surface area contributed by atoms with Gasteiger partial charge in [0.25, 0.3) is 0 Å². The third kappa shape index (κ3) is 3.12. The molecule has 110 valence electrons. The maximum absolute atomic E-state index is 13.0. The largest absolute Gasteiger partial charge is 0.472 e. The number of hydrogen-bond acceptors (Lipinski definition) is 4. The van der Waals surface area contributed by atoms with Crippen LogP contribution in [0.3, 0.4) is 0 Å². The first kappa shape index (κ1) is 13.8. The topological polar surface area (TPSA) is 66.3 Å². The van der Waals surface area contributed by atoms with Gasteiger partial charge in [-0.1, -0.05) is 12.1 Å². The lowest BCUT2D eigenvalue weighted by Crippen LogP contribution is -2.34. The predicted molar refractivity (Wildman–Crippen MR) is 74.3 cm³/mol. The molecule has 2 heterocycles. The van der Waals surface area contributed by atoms with Crippen LogP contribution in [0.4, 0.5) is 4.39 Å². The zero-order chi connectivity index (χ0) is 14.7. The van der Waals surface area contributed by atoms with Crippen molar-refractivity contribution in [3.63, 3.8) is 0 Å². The monoisotopic (exact) mass is 289 g/mol. The van der Waals surface area contributed by atoms with Crippen LogP contribution in [-0.4, -0.2) is 12.5 Å². The molecule has 0 bridgehead atoms. The summed E-state index contributed by atoms with van der Waals surface area (Å²) >= 11 is 0. The number of rotatable bonds is 4. The van der Waals surface area contributed by atoms with Gasteiger partial charge in [0.1, 0.15) is 5.82 Å². The molecule has 0 saturated carbocycles. The van der Waals surface area contributed by atoms with E-state index >= 15 is 0 Å². The van der Waals surface area contributed by atoms with Crippen molar-refractivity contribution in [2.75, 3.05) is 6.54 Å². The van der Waals surface area contributed by atoms with Crippen LogP contribution in [-0.2, 0) is 11.3 Å². The fraction of sp³-hybridized carbons (Fsp3) is 0.267. The molecular weight excluding hydrogens is 273 g/mol. The Kier molecular flexibility index (Phi) is 3.98. The second-order valence-electron chi connectivity index (χ2n) is 5.01. The Balaban J connectivity index is 1.65. The third-order valence-corrected chi connectivity index (χ3v) is 3.59. The minimum Gasteiger partial charge on any atom is -0.472 e. The van der Waals surface area contributed by atoms with Gasteiger partial charge in [0.15, 0.2) is 0 Å². The number of furan rings is 1. The van der Waals surface area contributed by atoms with Gasteiger partial charge in [-0.15, -0.1) is 0 Å². The summed E-state index contributed by atoms with van der Waals surface area (Å²) in [6.07, 6.45) is 3.17. The van der Waals surface area contributed by atoms with Crippen molar-refractivity contribution in [2.45, 2.75) is 12.6 Å². The first-order valence-electron chi connectivity index (χ1n) is 6.76. The summed E-state index contributed by atoms with van der Waals surface area (Å²) in [5.74, 6) is -0.587. The molecule has 1 aliphatic heterocycles. The summed E-state index contributed by atoms with van der Waals surface area (Å²) in [5.41, 5.74) is 7.85. The Morgan fingerprint density at radius 2 is 2.14 bits per heavy atom. The van der Waals surface area contributed by atoms with E-state index < -0.39 is 0 Å². The average molecular weight is 289 g/mol. The molecule has 2 unspecified atom stereocenters. The third-order valence-electron chi connectivity index (χ3n) is 3.59. The summed E-state index contributed by atoms with van der Waals surface area (Å²) in [4.78, 5) is 12.3. The van der Waals surface area contributed by atoms with Crippen LogP contribution < -0.4 is 16.2 Å². The average Bonchev–Trinajstić information content (AvgIpc) is 3.17. The predicted octanol–water partition coefficient (Wildman–Crippen LogP) is 1.50. The van der Waals surface area contributed by atoms with Crippen molar-refractivity contribution < 1.29 is 13.6 Å². The second-order valence-corrected chi connectivity index (χ2v) is 5.01. The maximum Gasteiger partial charge on any atom is 0.226 e. The van der Waals surface area contributed by atoms with Gasteiger partial charge in [-0.05, 0) is 23.8 Å². The van der Waals surface area contributed by atoms with Crippen LogP contribution >= 0.6 is 0 Å². The van der Waals surface area contributed by atoms with Crippen molar-refractivity contribution >= 4 is 5.91 Å². The molecule has 1 aromatic carbocycles. The van der Waals surface area contributed by atoms with Gasteiger partial charge in [0.05, 0.1) is 24.5 Å². The number of benzene rings is 1. The fourth-order valence-electron chi connectivity index (χ4n) is 2.44. The first-order valence-corrected chi connectivity index (χ1v) is 6.76. The molecule has 0 aliphatic carbocycles. The van der Waals surface area contributed by atoms with Crippen LogP contribution in [0.2, 0.25) is 0 Å². The summed E-state index contributed by atoms with van der Waals surface area (Å²) < 4.78 is 17.9. The molecule has 1 saturated heterocycles. The van der Waals surface area contributed by atoms with Crippen molar-refractivity contribution in [2.24, 2.45) is 5.92 Å². The Labute approximate surface area is 121 Å². The molecule has 1 aliphatic rings. The van der Waals surface area contributed by atoms with Gasteiger partial charge in [-0.25, -0.2) is 9.82 Å². The highest BCUT2D eigenvalue weighted by molar-refractivity contribution is 5.80. The highest BCUT2D eigenvalue weighted by Gasteiger charge is 2.33. The van der Waals surface area contributed by atoms with Crippen molar-refractivity contribution in [3.8, 4) is 0 Å². The molecule has 6 heteroatoms. The van der Waals surface area contributed by atoms with E-state index in [4.69, 9.17) is 4.42 Å². The number of carbonyl (C=O) groups excluding carboxylic acids is 1. The van der Waals surface area contributed by atoms with Gasteiger partial charge >= 0.3 is 0 Å². The molecule has 21 heavy (non-hydrogen) atoms. The normalized spacial score (nSPS) is 21.4. The standard InChI is InChI=1S/C15H16FN3O2/c16-12-3-1-11(2-4-12)14-13(8-18-19-14)15(20)17-7-10-5-6-21-9-10/h1-6,9,13-14,18-19H,7-8H2,(H,17,20). The minimum atomic E-state index is -0.286. The summed E-state index contributed by atoms with van der Waals surface area (Å²) in [5, 5.41) is 2.89. The molecule has 2 atom stereocenters. The smallest absolute Gasteiger partial charge is 0.226 e. The number of nitrogens with one attached hydrogen (secondary N) is 3. The van der Waals surface area contributed by atoms with Crippen LogP contribution in [0.5, 0.6) is 0 Å². The molecule has 1 amide bonds. The molecule has 2 aromatic rings. The van der Waals surface area contributed by atoms with E-state index in [0.29, 0.717) is 13.1 Å². The quantitative estimate of drug-likeness (QED) is 0.798. The molecule has 3 N–H and O–H groups in total.